The van der Waals surface area contributed by atoms with Crippen molar-refractivity contribution in [3.63, 3.8) is 0 Å². The van der Waals surface area contributed by atoms with E-state index in [0.717, 1.165) is 0 Å². The Bertz CT molecular complexity index is 462. The monoisotopic (exact) mass is 194 g/mol. The number of nitrogens with zero attached hydrogens (tertiary/aromatic N) is 2. The summed E-state index contributed by atoms with van der Waals surface area (Å²) in [5, 5.41) is 0. The minimum Gasteiger partial charge on any atom is -0.443 e. The summed E-state index contributed by atoms with van der Waals surface area (Å²) in [7, 11) is 0. The molecule has 0 saturated carbocycles. The quantitative estimate of drug-likeness (QED) is 0.670. The highest BCUT2D eigenvalue weighted by Crippen LogP contribution is 2.19. The molecule has 0 aliphatic carbocycles. The Kier molecular flexibility index (Phi) is 1.82. The normalized spacial score (nSPS) is 10.2. The molecule has 0 radical (unpaired) electrons. The molecule has 0 atom stereocenters. The van der Waals surface area contributed by atoms with Crippen LogP contribution < -0.4 is 5.73 Å². The second kappa shape index (κ2) is 2.98. The summed E-state index contributed by atoms with van der Waals surface area (Å²) in [5.41, 5.74) is 6.66. The average molecular weight is 194 g/mol. The van der Waals surface area contributed by atoms with Crippen molar-refractivity contribution in [3.8, 4) is 11.6 Å². The van der Waals surface area contributed by atoms with Crippen molar-refractivity contribution in [1.82, 2.24) is 15.0 Å². The number of anilines is 1. The van der Waals surface area contributed by atoms with Crippen LogP contribution in [0, 0.1) is 4.77 Å². The smallest absolute Gasteiger partial charge is 0.245 e. The van der Waals surface area contributed by atoms with Crippen LogP contribution in [0.15, 0.2) is 23.1 Å². The third-order valence-corrected chi connectivity index (χ3v) is 1.70. The first kappa shape index (κ1) is 7.93. The number of oxazole rings is 1. The SMILES string of the molecule is Nc1cnc(=S)[nH]c1-c1ncco1. The van der Waals surface area contributed by atoms with Crippen LogP contribution in [0.4, 0.5) is 5.69 Å². The van der Waals surface area contributed by atoms with Crippen molar-refractivity contribution in [1.29, 1.82) is 0 Å². The van der Waals surface area contributed by atoms with Gasteiger partial charge < -0.3 is 15.1 Å². The van der Waals surface area contributed by atoms with Gasteiger partial charge in [0.05, 0.1) is 18.1 Å². The molecule has 13 heavy (non-hydrogen) atoms. The van der Waals surface area contributed by atoms with Crippen LogP contribution in [0.3, 0.4) is 0 Å². The Balaban J connectivity index is 2.64. The number of nitrogens with one attached hydrogen (secondary N) is 1. The number of H-pyrrole nitrogens is 1. The molecule has 2 heterocycles. The van der Waals surface area contributed by atoms with Gasteiger partial charge in [0.25, 0.3) is 0 Å². The summed E-state index contributed by atoms with van der Waals surface area (Å²) in [6.45, 7) is 0. The van der Waals surface area contributed by atoms with Crippen LogP contribution in [-0.4, -0.2) is 15.0 Å². The van der Waals surface area contributed by atoms with Gasteiger partial charge in [0.15, 0.2) is 4.77 Å². The maximum absolute atomic E-state index is 5.64. The summed E-state index contributed by atoms with van der Waals surface area (Å²) < 4.78 is 5.41. The van der Waals surface area contributed by atoms with Gasteiger partial charge in [-0.15, -0.1) is 0 Å². The van der Waals surface area contributed by atoms with Gasteiger partial charge in [-0.05, 0) is 12.2 Å². The molecule has 0 amide bonds. The first-order valence-corrected chi connectivity index (χ1v) is 3.93. The third kappa shape index (κ3) is 1.43. The predicted molar refractivity (Wildman–Crippen MR) is 49.3 cm³/mol. The van der Waals surface area contributed by atoms with Crippen LogP contribution in [-0.2, 0) is 0 Å². The largest absolute Gasteiger partial charge is 0.443 e. The lowest BCUT2D eigenvalue weighted by Crippen LogP contribution is -1.95. The Hall–Kier alpha value is -1.69. The Labute approximate surface area is 78.6 Å². The average Bonchev–Trinajstić information content (AvgIpc) is 2.61. The number of aromatic nitrogens is 3. The van der Waals surface area contributed by atoms with Gasteiger partial charge in [-0.25, -0.2) is 9.97 Å². The van der Waals surface area contributed by atoms with Crippen molar-refractivity contribution >= 4 is 17.9 Å². The lowest BCUT2D eigenvalue weighted by Gasteiger charge is -1.98. The molecule has 0 spiro atoms. The van der Waals surface area contributed by atoms with E-state index >= 15 is 0 Å². The van der Waals surface area contributed by atoms with Gasteiger partial charge in [-0.2, -0.15) is 0 Å². The number of nitrogen functional groups attached to an aromatic ring is 1. The molecule has 2 rings (SSSR count). The van der Waals surface area contributed by atoms with Gasteiger partial charge in [0, 0.05) is 0 Å². The van der Waals surface area contributed by atoms with Crippen molar-refractivity contribution < 1.29 is 4.42 Å². The minimum atomic E-state index is 0.349. The van der Waals surface area contributed by atoms with Crippen LogP contribution in [0.5, 0.6) is 0 Å². The molecule has 2 aromatic heterocycles. The Morgan fingerprint density at radius 2 is 2.31 bits per heavy atom. The maximum atomic E-state index is 5.64. The molecule has 0 unspecified atom stereocenters. The van der Waals surface area contributed by atoms with Crippen molar-refractivity contribution in [2.24, 2.45) is 0 Å². The zero-order chi connectivity index (χ0) is 9.26. The van der Waals surface area contributed by atoms with E-state index in [2.05, 4.69) is 15.0 Å². The summed E-state index contributed by atoms with van der Waals surface area (Å²) in [5.74, 6) is 0.408. The summed E-state index contributed by atoms with van der Waals surface area (Å²) in [4.78, 5) is 10.6. The lowest BCUT2D eigenvalue weighted by molar-refractivity contribution is 0.572. The standard InChI is InChI=1S/C7H6N4OS/c8-4-3-10-7(13)11-5(4)6-9-1-2-12-6/h1-3H,8H2,(H,10,11,13). The van der Waals surface area contributed by atoms with Crippen molar-refractivity contribution in [2.75, 3.05) is 5.73 Å². The molecule has 0 bridgehead atoms. The molecular formula is C7H6N4OS. The van der Waals surface area contributed by atoms with Gasteiger partial charge in [0.1, 0.15) is 12.0 Å². The number of hydrogen-bond donors (Lipinski definition) is 2. The first-order valence-electron chi connectivity index (χ1n) is 3.52. The fraction of sp³-hybridized carbons (Fsp3) is 0. The number of hydrogen-bond acceptors (Lipinski definition) is 5. The van der Waals surface area contributed by atoms with E-state index in [4.69, 9.17) is 22.4 Å². The highest BCUT2D eigenvalue weighted by molar-refractivity contribution is 7.71. The Morgan fingerprint density at radius 1 is 1.46 bits per heavy atom. The van der Waals surface area contributed by atoms with Gasteiger partial charge >= 0.3 is 0 Å². The summed E-state index contributed by atoms with van der Waals surface area (Å²) >= 11 is 4.84. The molecule has 6 heteroatoms. The molecular weight excluding hydrogens is 188 g/mol. The van der Waals surface area contributed by atoms with Gasteiger partial charge in [-0.3, -0.25) is 0 Å². The minimum absolute atomic E-state index is 0.349. The molecule has 0 saturated heterocycles. The predicted octanol–water partition coefficient (Wildman–Crippen LogP) is 1.38. The molecule has 3 N–H and O–H groups in total. The zero-order valence-corrected chi connectivity index (χ0v) is 7.34. The number of rotatable bonds is 1. The third-order valence-electron chi connectivity index (χ3n) is 1.49. The van der Waals surface area contributed by atoms with E-state index in [-0.39, 0.29) is 0 Å². The summed E-state index contributed by atoms with van der Waals surface area (Å²) in [6, 6.07) is 0. The highest BCUT2D eigenvalue weighted by Gasteiger charge is 2.06. The molecule has 0 aliphatic rings. The second-order valence-electron chi connectivity index (χ2n) is 2.36. The van der Waals surface area contributed by atoms with Crippen LogP contribution >= 0.6 is 12.2 Å². The molecule has 2 aromatic rings. The van der Waals surface area contributed by atoms with Gasteiger partial charge in [0.2, 0.25) is 5.89 Å². The molecule has 0 aromatic carbocycles. The number of nitrogens with two attached hydrogens (primary N) is 1. The molecule has 0 aliphatic heterocycles. The molecule has 0 fully saturated rings. The Morgan fingerprint density at radius 3 is 3.00 bits per heavy atom. The van der Waals surface area contributed by atoms with E-state index in [1.807, 2.05) is 0 Å². The van der Waals surface area contributed by atoms with E-state index in [0.29, 0.717) is 22.0 Å². The van der Waals surface area contributed by atoms with Crippen LogP contribution in [0.1, 0.15) is 0 Å². The van der Waals surface area contributed by atoms with E-state index in [9.17, 15) is 0 Å². The second-order valence-corrected chi connectivity index (χ2v) is 2.74. The zero-order valence-electron chi connectivity index (χ0n) is 6.52. The van der Waals surface area contributed by atoms with E-state index in [1.54, 1.807) is 0 Å². The van der Waals surface area contributed by atoms with Gasteiger partial charge in [-0.1, -0.05) is 0 Å². The fourth-order valence-electron chi connectivity index (χ4n) is 0.928. The number of aromatic amines is 1. The van der Waals surface area contributed by atoms with Crippen molar-refractivity contribution in [3.05, 3.63) is 23.4 Å². The fourth-order valence-corrected chi connectivity index (χ4v) is 1.08. The van der Waals surface area contributed by atoms with Crippen LogP contribution in [0.25, 0.3) is 11.6 Å². The first-order chi connectivity index (χ1) is 6.27. The molecule has 5 nitrogen and oxygen atoms in total. The van der Waals surface area contributed by atoms with E-state index < -0.39 is 0 Å². The maximum Gasteiger partial charge on any atom is 0.245 e. The topological polar surface area (TPSA) is 80.7 Å². The lowest BCUT2D eigenvalue weighted by atomic mass is 10.3. The molecule has 66 valence electrons. The highest BCUT2D eigenvalue weighted by atomic mass is 32.1. The van der Waals surface area contributed by atoms with Crippen LogP contribution in [0.2, 0.25) is 0 Å². The summed E-state index contributed by atoms with van der Waals surface area (Å²) in [6.07, 6.45) is 4.47. The van der Waals surface area contributed by atoms with E-state index in [1.165, 1.54) is 18.7 Å². The van der Waals surface area contributed by atoms with Crippen molar-refractivity contribution in [2.45, 2.75) is 0 Å².